The number of pyridine rings is 1. The number of aromatic nitrogens is 6. The van der Waals surface area contributed by atoms with Gasteiger partial charge in [-0.15, -0.1) is 10.2 Å². The Morgan fingerprint density at radius 2 is 1.95 bits per heavy atom. The summed E-state index contributed by atoms with van der Waals surface area (Å²) in [6, 6.07) is 3.80. The van der Waals surface area contributed by atoms with Crippen LogP contribution in [0, 0.1) is 11.6 Å². The van der Waals surface area contributed by atoms with Crippen LogP contribution in [0.25, 0.3) is 11.5 Å². The van der Waals surface area contributed by atoms with Gasteiger partial charge in [0.2, 0.25) is 0 Å². The van der Waals surface area contributed by atoms with Gasteiger partial charge in [0.25, 0.3) is 0 Å². The van der Waals surface area contributed by atoms with Crippen LogP contribution in [0.5, 0.6) is 11.5 Å². The van der Waals surface area contributed by atoms with Gasteiger partial charge in [-0.05, 0) is 6.07 Å². The van der Waals surface area contributed by atoms with Gasteiger partial charge >= 0.3 is 0 Å². The standard InChI is InChI=1S/C23H19ClF2N6O4S/c1-35-18-4-6-27-21-22(18)36-11-17(15-3-2-14(25)8-16(15)26)32-20(30-31-23(21)32)12-37(33,34)7-5-19-28-9-13(24)10-29-19/h2-4,6,8-10,17H,5,7,11-12H2,1H3/t17-/m0/s1. The molecule has 0 saturated heterocycles. The van der Waals surface area contributed by atoms with Crippen LogP contribution in [0.15, 0.2) is 42.9 Å². The molecule has 192 valence electrons. The Hall–Kier alpha value is -3.71. The van der Waals surface area contributed by atoms with Gasteiger partial charge in [0.15, 0.2) is 32.9 Å². The third-order valence-corrected chi connectivity index (χ3v) is 7.46. The minimum atomic E-state index is -3.75. The number of hydrogen-bond donors (Lipinski definition) is 0. The van der Waals surface area contributed by atoms with E-state index < -0.39 is 33.3 Å². The Bertz CT molecular complexity index is 1570. The zero-order valence-corrected chi connectivity index (χ0v) is 20.9. The van der Waals surface area contributed by atoms with Crippen molar-refractivity contribution in [2.45, 2.75) is 18.2 Å². The summed E-state index contributed by atoms with van der Waals surface area (Å²) in [5.41, 5.74) is 0.317. The Morgan fingerprint density at radius 1 is 1.16 bits per heavy atom. The minimum absolute atomic E-state index is 0.0434. The summed E-state index contributed by atoms with van der Waals surface area (Å²) in [4.78, 5) is 12.4. The fourth-order valence-corrected chi connectivity index (χ4v) is 5.35. The monoisotopic (exact) mass is 548 g/mol. The molecule has 5 rings (SSSR count). The van der Waals surface area contributed by atoms with Gasteiger partial charge in [-0.2, -0.15) is 0 Å². The van der Waals surface area contributed by atoms with Crippen molar-refractivity contribution in [2.24, 2.45) is 0 Å². The molecule has 0 spiro atoms. The maximum atomic E-state index is 14.9. The summed E-state index contributed by atoms with van der Waals surface area (Å²) >= 11 is 5.78. The number of nitrogens with zero attached hydrogens (tertiary/aromatic N) is 6. The maximum absolute atomic E-state index is 14.9. The van der Waals surface area contributed by atoms with Crippen LogP contribution in [-0.2, 0) is 22.0 Å². The molecule has 0 N–H and O–H groups in total. The third kappa shape index (κ3) is 5.09. The molecule has 0 bridgehead atoms. The van der Waals surface area contributed by atoms with Crippen LogP contribution in [0.1, 0.15) is 23.3 Å². The Labute approximate surface area is 215 Å². The lowest BCUT2D eigenvalue weighted by Crippen LogP contribution is -2.23. The highest BCUT2D eigenvalue weighted by atomic mass is 35.5. The lowest BCUT2D eigenvalue weighted by molar-refractivity contribution is 0.261. The molecule has 0 radical (unpaired) electrons. The first-order valence-corrected chi connectivity index (χ1v) is 13.2. The summed E-state index contributed by atoms with van der Waals surface area (Å²) in [5, 5.41) is 8.64. The van der Waals surface area contributed by atoms with Crippen LogP contribution < -0.4 is 9.47 Å². The number of benzene rings is 1. The van der Waals surface area contributed by atoms with E-state index in [2.05, 4.69) is 25.1 Å². The van der Waals surface area contributed by atoms with Crippen molar-refractivity contribution in [3.05, 3.63) is 76.7 Å². The Morgan fingerprint density at radius 3 is 2.68 bits per heavy atom. The summed E-state index contributed by atoms with van der Waals surface area (Å²) in [6.07, 6.45) is 4.30. The van der Waals surface area contributed by atoms with E-state index in [0.717, 1.165) is 12.1 Å². The molecular weight excluding hydrogens is 530 g/mol. The largest absolute Gasteiger partial charge is 0.493 e. The highest BCUT2D eigenvalue weighted by Gasteiger charge is 2.34. The van der Waals surface area contributed by atoms with E-state index in [1.54, 1.807) is 6.07 Å². The van der Waals surface area contributed by atoms with Crippen LogP contribution in [0.2, 0.25) is 5.02 Å². The zero-order chi connectivity index (χ0) is 26.2. The predicted molar refractivity (Wildman–Crippen MR) is 128 cm³/mol. The number of fused-ring (bicyclic) bond motifs is 3. The SMILES string of the molecule is COc1ccnc2c1OC[C@@H](c1ccc(F)cc1F)n1c(CS(=O)(=O)CCc3ncc(Cl)cn3)nnc1-2. The molecule has 1 aromatic carbocycles. The molecule has 3 aromatic heterocycles. The number of ether oxygens (including phenoxy) is 2. The molecular formula is C23H19ClF2N6O4S. The third-order valence-electron chi connectivity index (χ3n) is 5.74. The maximum Gasteiger partial charge on any atom is 0.190 e. The number of methoxy groups -OCH3 is 1. The van der Waals surface area contributed by atoms with Crippen LogP contribution in [0.4, 0.5) is 8.78 Å². The molecule has 14 heteroatoms. The second-order valence-electron chi connectivity index (χ2n) is 8.15. The normalized spacial score (nSPS) is 14.9. The van der Waals surface area contributed by atoms with Gasteiger partial charge in [0, 0.05) is 42.7 Å². The molecule has 1 aliphatic heterocycles. The molecule has 0 fully saturated rings. The number of aryl methyl sites for hydroxylation is 1. The van der Waals surface area contributed by atoms with Crippen molar-refractivity contribution in [1.82, 2.24) is 29.7 Å². The van der Waals surface area contributed by atoms with Gasteiger partial charge in [-0.25, -0.2) is 32.2 Å². The van der Waals surface area contributed by atoms with E-state index in [1.807, 2.05) is 0 Å². The van der Waals surface area contributed by atoms with Crippen molar-refractivity contribution in [2.75, 3.05) is 19.5 Å². The zero-order valence-electron chi connectivity index (χ0n) is 19.3. The van der Waals surface area contributed by atoms with Crippen molar-refractivity contribution in [3.8, 4) is 23.0 Å². The van der Waals surface area contributed by atoms with Crippen LogP contribution in [0.3, 0.4) is 0 Å². The van der Waals surface area contributed by atoms with E-state index in [-0.39, 0.29) is 47.4 Å². The molecule has 37 heavy (non-hydrogen) atoms. The number of halogens is 3. The summed E-state index contributed by atoms with van der Waals surface area (Å²) in [7, 11) is -2.29. The fourth-order valence-electron chi connectivity index (χ4n) is 4.02. The Kier molecular flexibility index (Phi) is 6.73. The van der Waals surface area contributed by atoms with E-state index >= 15 is 0 Å². The molecule has 10 nitrogen and oxygen atoms in total. The molecule has 0 saturated carbocycles. The highest BCUT2D eigenvalue weighted by Crippen LogP contribution is 2.41. The van der Waals surface area contributed by atoms with Gasteiger partial charge in [-0.3, -0.25) is 4.57 Å². The van der Waals surface area contributed by atoms with E-state index in [9.17, 15) is 17.2 Å². The first kappa shape index (κ1) is 25.0. The predicted octanol–water partition coefficient (Wildman–Crippen LogP) is 3.21. The molecule has 1 atom stereocenters. The highest BCUT2D eigenvalue weighted by molar-refractivity contribution is 7.90. The van der Waals surface area contributed by atoms with Gasteiger partial charge < -0.3 is 9.47 Å². The first-order valence-electron chi connectivity index (χ1n) is 11.0. The van der Waals surface area contributed by atoms with Crippen molar-refractivity contribution in [1.29, 1.82) is 0 Å². The topological polar surface area (TPSA) is 122 Å². The quantitative estimate of drug-likeness (QED) is 0.342. The minimum Gasteiger partial charge on any atom is -0.493 e. The number of sulfone groups is 1. The number of hydrogen-bond acceptors (Lipinski definition) is 9. The van der Waals surface area contributed by atoms with E-state index in [1.165, 1.54) is 36.3 Å². The van der Waals surface area contributed by atoms with Crippen molar-refractivity contribution in [3.63, 3.8) is 0 Å². The fraction of sp³-hybridized carbons (Fsp3) is 0.261. The molecule has 0 unspecified atom stereocenters. The number of rotatable bonds is 7. The smallest absolute Gasteiger partial charge is 0.190 e. The summed E-state index contributed by atoms with van der Waals surface area (Å²) in [6.45, 7) is -0.145. The molecule has 1 aliphatic rings. The van der Waals surface area contributed by atoms with Crippen LogP contribution >= 0.6 is 11.6 Å². The van der Waals surface area contributed by atoms with E-state index in [0.29, 0.717) is 16.6 Å². The average Bonchev–Trinajstić information content (AvgIpc) is 3.18. The average molecular weight is 549 g/mol. The van der Waals surface area contributed by atoms with Gasteiger partial charge in [0.05, 0.1) is 23.9 Å². The summed E-state index contributed by atoms with van der Waals surface area (Å²) in [5.74, 6) is -1.23. The lowest BCUT2D eigenvalue weighted by atomic mass is 10.1. The van der Waals surface area contributed by atoms with Crippen LogP contribution in [-0.4, -0.2) is 57.6 Å². The first-order chi connectivity index (χ1) is 17.8. The molecule has 0 amide bonds. The molecule has 4 heterocycles. The Balaban J connectivity index is 1.55. The van der Waals surface area contributed by atoms with Gasteiger partial charge in [-0.1, -0.05) is 17.7 Å². The molecule has 4 aromatic rings. The lowest BCUT2D eigenvalue weighted by Gasteiger charge is -2.20. The van der Waals surface area contributed by atoms with Gasteiger partial charge in [0.1, 0.15) is 35.6 Å². The second-order valence-corrected chi connectivity index (χ2v) is 10.8. The summed E-state index contributed by atoms with van der Waals surface area (Å²) < 4.78 is 67.5. The molecule has 0 aliphatic carbocycles. The second kappa shape index (κ2) is 9.98. The van der Waals surface area contributed by atoms with E-state index in [4.69, 9.17) is 21.1 Å². The van der Waals surface area contributed by atoms with Crippen molar-refractivity contribution < 1.29 is 26.7 Å². The van der Waals surface area contributed by atoms with Crippen molar-refractivity contribution >= 4 is 21.4 Å².